The molecule has 0 aliphatic heterocycles. The summed E-state index contributed by atoms with van der Waals surface area (Å²) in [6, 6.07) is 12.9. The van der Waals surface area contributed by atoms with Gasteiger partial charge >= 0.3 is 5.97 Å². The van der Waals surface area contributed by atoms with E-state index in [2.05, 4.69) is 27.1 Å². The molecule has 0 aliphatic carbocycles. The molecule has 6 heteroatoms. The summed E-state index contributed by atoms with van der Waals surface area (Å²) in [7, 11) is 1.36. The van der Waals surface area contributed by atoms with Crippen molar-refractivity contribution in [1.82, 2.24) is 9.78 Å². The lowest BCUT2D eigenvalue weighted by atomic mass is 10.1. The van der Waals surface area contributed by atoms with Crippen LogP contribution in [0.5, 0.6) is 0 Å². The zero-order valence-electron chi connectivity index (χ0n) is 12.5. The van der Waals surface area contributed by atoms with Crippen molar-refractivity contribution in [3.05, 3.63) is 57.7 Å². The lowest BCUT2D eigenvalue weighted by Gasteiger charge is -2.06. The molecule has 3 rings (SSSR count). The maximum absolute atomic E-state index is 12.0. The average Bonchev–Trinajstić information content (AvgIpc) is 2.91. The molecule has 1 heterocycles. The molecule has 0 fully saturated rings. The van der Waals surface area contributed by atoms with Gasteiger partial charge in [-0.2, -0.15) is 10.4 Å². The van der Waals surface area contributed by atoms with E-state index in [1.54, 1.807) is 22.9 Å². The molecule has 0 bridgehead atoms. The van der Waals surface area contributed by atoms with Crippen LogP contribution < -0.4 is 0 Å². The van der Waals surface area contributed by atoms with Crippen molar-refractivity contribution in [3.8, 4) is 11.8 Å². The first-order valence-electron chi connectivity index (χ1n) is 6.83. The number of hydrogen-bond donors (Lipinski definition) is 0. The van der Waals surface area contributed by atoms with E-state index in [9.17, 15) is 4.79 Å². The normalized spacial score (nSPS) is 10.5. The van der Waals surface area contributed by atoms with Crippen LogP contribution in [0.2, 0.25) is 0 Å². The lowest BCUT2D eigenvalue weighted by Crippen LogP contribution is -2.02. The monoisotopic (exact) mass is 369 g/mol. The van der Waals surface area contributed by atoms with E-state index >= 15 is 0 Å². The fourth-order valence-electron chi connectivity index (χ4n) is 2.55. The van der Waals surface area contributed by atoms with E-state index in [1.165, 1.54) is 7.11 Å². The quantitative estimate of drug-likeness (QED) is 0.645. The number of aryl methyl sites for hydroxylation is 1. The van der Waals surface area contributed by atoms with Gasteiger partial charge in [-0.25, -0.2) is 9.48 Å². The van der Waals surface area contributed by atoms with Crippen LogP contribution in [-0.4, -0.2) is 22.9 Å². The Balaban J connectivity index is 2.26. The number of fused-ring (bicyclic) bond motifs is 1. The molecular weight excluding hydrogens is 358 g/mol. The van der Waals surface area contributed by atoms with E-state index in [0.29, 0.717) is 15.6 Å². The van der Waals surface area contributed by atoms with Crippen LogP contribution >= 0.6 is 15.9 Å². The van der Waals surface area contributed by atoms with Crippen LogP contribution in [0.25, 0.3) is 16.6 Å². The van der Waals surface area contributed by atoms with E-state index < -0.39 is 0 Å². The smallest absolute Gasteiger partial charge is 0.338 e. The Hall–Kier alpha value is -2.65. The summed E-state index contributed by atoms with van der Waals surface area (Å²) < 4.78 is 7.29. The van der Waals surface area contributed by atoms with Crippen LogP contribution in [0.15, 0.2) is 40.9 Å². The first-order chi connectivity index (χ1) is 11.1. The number of hydrogen-bond acceptors (Lipinski definition) is 4. The molecule has 5 nitrogen and oxygen atoms in total. The third kappa shape index (κ3) is 2.49. The summed E-state index contributed by atoms with van der Waals surface area (Å²) in [6.07, 6.45) is 0. The van der Waals surface area contributed by atoms with Gasteiger partial charge in [0, 0.05) is 9.86 Å². The van der Waals surface area contributed by atoms with Gasteiger partial charge < -0.3 is 4.74 Å². The number of carbonyl (C=O) groups is 1. The summed E-state index contributed by atoms with van der Waals surface area (Å²) in [5.74, 6) is -0.390. The Kier molecular flexibility index (Phi) is 3.89. The minimum atomic E-state index is -0.390. The zero-order chi connectivity index (χ0) is 16.6. The Morgan fingerprint density at radius 1 is 1.35 bits per heavy atom. The van der Waals surface area contributed by atoms with Crippen molar-refractivity contribution in [2.24, 2.45) is 0 Å². The molecule has 2 aromatic carbocycles. The predicted molar refractivity (Wildman–Crippen MR) is 89.6 cm³/mol. The summed E-state index contributed by atoms with van der Waals surface area (Å²) >= 11 is 3.39. The highest BCUT2D eigenvalue weighted by atomic mass is 79.9. The molecule has 0 aliphatic rings. The van der Waals surface area contributed by atoms with Gasteiger partial charge in [0.1, 0.15) is 6.07 Å². The van der Waals surface area contributed by atoms with Crippen molar-refractivity contribution in [2.75, 3.05) is 7.11 Å². The molecule has 23 heavy (non-hydrogen) atoms. The standard InChI is InChI=1S/C17H12BrN3O2/c1-10-16-13(17(22)23-2)4-3-5-15(16)21(20-10)12-7-6-11(9-19)14(18)8-12/h3-8H,1-2H3. The number of nitriles is 1. The second-order valence-corrected chi connectivity index (χ2v) is 5.82. The van der Waals surface area contributed by atoms with Crippen LogP contribution in [0.4, 0.5) is 0 Å². The number of nitrogens with zero attached hydrogens (tertiary/aromatic N) is 3. The molecule has 0 N–H and O–H groups in total. The van der Waals surface area contributed by atoms with Gasteiger partial charge in [0.25, 0.3) is 0 Å². The van der Waals surface area contributed by atoms with Crippen LogP contribution in [0.3, 0.4) is 0 Å². The molecule has 0 radical (unpaired) electrons. The molecular formula is C17H12BrN3O2. The fourth-order valence-corrected chi connectivity index (χ4v) is 3.01. The molecule has 0 unspecified atom stereocenters. The number of carbonyl (C=O) groups excluding carboxylic acids is 1. The molecule has 0 atom stereocenters. The summed E-state index contributed by atoms with van der Waals surface area (Å²) in [5.41, 5.74) is 3.39. The number of halogens is 1. The van der Waals surface area contributed by atoms with Gasteiger partial charge in [0.2, 0.25) is 0 Å². The fraction of sp³-hybridized carbons (Fsp3) is 0.118. The van der Waals surface area contributed by atoms with E-state index in [-0.39, 0.29) is 5.97 Å². The molecule has 114 valence electrons. The van der Waals surface area contributed by atoms with Gasteiger partial charge in [-0.15, -0.1) is 0 Å². The third-order valence-corrected chi connectivity index (χ3v) is 4.26. The maximum Gasteiger partial charge on any atom is 0.338 e. The molecule has 0 saturated heterocycles. The molecule has 0 amide bonds. The summed E-state index contributed by atoms with van der Waals surface area (Å²) in [4.78, 5) is 12.0. The van der Waals surface area contributed by atoms with Gasteiger partial charge in [0.15, 0.2) is 0 Å². The topological polar surface area (TPSA) is 67.9 Å². The molecule has 1 aromatic heterocycles. The second-order valence-electron chi connectivity index (χ2n) is 4.96. The predicted octanol–water partition coefficient (Wildman–Crippen LogP) is 3.75. The second kappa shape index (κ2) is 5.86. The third-order valence-electron chi connectivity index (χ3n) is 3.61. The van der Waals surface area contributed by atoms with Crippen LogP contribution in [-0.2, 0) is 4.74 Å². The largest absolute Gasteiger partial charge is 0.465 e. The highest BCUT2D eigenvalue weighted by molar-refractivity contribution is 9.10. The lowest BCUT2D eigenvalue weighted by molar-refractivity contribution is 0.0603. The van der Waals surface area contributed by atoms with E-state index in [1.807, 2.05) is 25.1 Å². The number of aromatic nitrogens is 2. The number of benzene rings is 2. The van der Waals surface area contributed by atoms with Gasteiger partial charge in [0.05, 0.1) is 35.1 Å². The Labute approximate surface area is 141 Å². The number of esters is 1. The highest BCUT2D eigenvalue weighted by Crippen LogP contribution is 2.27. The molecule has 3 aromatic rings. The van der Waals surface area contributed by atoms with Crippen molar-refractivity contribution in [2.45, 2.75) is 6.92 Å². The zero-order valence-corrected chi connectivity index (χ0v) is 14.1. The average molecular weight is 370 g/mol. The Morgan fingerprint density at radius 3 is 2.78 bits per heavy atom. The van der Waals surface area contributed by atoms with Crippen molar-refractivity contribution in [1.29, 1.82) is 5.26 Å². The highest BCUT2D eigenvalue weighted by Gasteiger charge is 2.17. The van der Waals surface area contributed by atoms with Crippen LogP contribution in [0, 0.1) is 18.3 Å². The Morgan fingerprint density at radius 2 is 2.13 bits per heavy atom. The summed E-state index contributed by atoms with van der Waals surface area (Å²) in [6.45, 7) is 1.85. The van der Waals surface area contributed by atoms with Crippen LogP contribution in [0.1, 0.15) is 21.6 Å². The Bertz CT molecular complexity index is 970. The van der Waals surface area contributed by atoms with E-state index in [4.69, 9.17) is 10.00 Å². The van der Waals surface area contributed by atoms with Gasteiger partial charge in [-0.05, 0) is 53.2 Å². The van der Waals surface area contributed by atoms with Crippen molar-refractivity contribution >= 4 is 32.8 Å². The summed E-state index contributed by atoms with van der Waals surface area (Å²) in [5, 5.41) is 14.3. The van der Waals surface area contributed by atoms with Crippen molar-refractivity contribution < 1.29 is 9.53 Å². The molecule has 0 saturated carbocycles. The number of ether oxygens (including phenoxy) is 1. The SMILES string of the molecule is COC(=O)c1cccc2c1c(C)nn2-c1ccc(C#N)c(Br)c1. The minimum absolute atomic E-state index is 0.390. The number of methoxy groups -OCH3 is 1. The number of rotatable bonds is 2. The van der Waals surface area contributed by atoms with Crippen molar-refractivity contribution in [3.63, 3.8) is 0 Å². The minimum Gasteiger partial charge on any atom is -0.465 e. The molecule has 0 spiro atoms. The van der Waals surface area contributed by atoms with Gasteiger partial charge in [-0.3, -0.25) is 0 Å². The van der Waals surface area contributed by atoms with Gasteiger partial charge in [-0.1, -0.05) is 6.07 Å². The van der Waals surface area contributed by atoms with E-state index in [0.717, 1.165) is 22.3 Å². The maximum atomic E-state index is 12.0. The first kappa shape index (κ1) is 15.3. The first-order valence-corrected chi connectivity index (χ1v) is 7.62.